The Hall–Kier alpha value is -2.73. The van der Waals surface area contributed by atoms with E-state index in [1.54, 1.807) is 25.1 Å². The summed E-state index contributed by atoms with van der Waals surface area (Å²) in [4.78, 5) is 38.5. The Bertz CT molecular complexity index is 1160. The van der Waals surface area contributed by atoms with Crippen LogP contribution >= 0.6 is 34.4 Å². The van der Waals surface area contributed by atoms with Crippen LogP contribution in [-0.2, 0) is 14.3 Å². The summed E-state index contributed by atoms with van der Waals surface area (Å²) >= 11 is 2.94. The van der Waals surface area contributed by atoms with Crippen molar-refractivity contribution < 1.29 is 33.3 Å². The first-order valence-corrected chi connectivity index (χ1v) is 12.7. The van der Waals surface area contributed by atoms with Gasteiger partial charge in [-0.3, -0.25) is 14.5 Å². The van der Waals surface area contributed by atoms with Crippen LogP contribution in [0.4, 0.5) is 4.79 Å². The molecule has 1 fully saturated rings. The molecule has 2 aromatic rings. The SMILES string of the molecule is CCOC(=O)COc1c(I)cc(/C=C2\SC(=O)N(CCOc3cc(C)ccc3C)C2=O)cc1OC. The summed E-state index contributed by atoms with van der Waals surface area (Å²) in [7, 11) is 1.48. The van der Waals surface area contributed by atoms with E-state index in [4.69, 9.17) is 18.9 Å². The van der Waals surface area contributed by atoms with Gasteiger partial charge in [0.1, 0.15) is 12.4 Å². The molecule has 10 heteroatoms. The van der Waals surface area contributed by atoms with Gasteiger partial charge < -0.3 is 18.9 Å². The quantitative estimate of drug-likeness (QED) is 0.211. The summed E-state index contributed by atoms with van der Waals surface area (Å²) in [5.41, 5.74) is 2.72. The number of imide groups is 1. The highest BCUT2D eigenvalue weighted by Crippen LogP contribution is 2.37. The minimum Gasteiger partial charge on any atom is -0.493 e. The van der Waals surface area contributed by atoms with E-state index in [-0.39, 0.29) is 37.5 Å². The van der Waals surface area contributed by atoms with E-state index in [0.717, 1.165) is 28.6 Å². The lowest BCUT2D eigenvalue weighted by Crippen LogP contribution is -2.32. The second-order valence-corrected chi connectivity index (χ2v) is 9.73. The summed E-state index contributed by atoms with van der Waals surface area (Å²) in [6, 6.07) is 9.36. The molecule has 0 atom stereocenters. The molecular formula is C25H26INO7S. The predicted molar refractivity (Wildman–Crippen MR) is 142 cm³/mol. The maximum Gasteiger partial charge on any atom is 0.344 e. The van der Waals surface area contributed by atoms with Crippen LogP contribution in [-0.4, -0.2) is 55.5 Å². The number of carbonyl (C=O) groups excluding carboxylic acids is 3. The van der Waals surface area contributed by atoms with Gasteiger partial charge in [-0.2, -0.15) is 0 Å². The van der Waals surface area contributed by atoms with Crippen LogP contribution in [0.15, 0.2) is 35.2 Å². The first kappa shape index (κ1) is 26.9. The van der Waals surface area contributed by atoms with E-state index < -0.39 is 5.97 Å². The fraction of sp³-hybridized carbons (Fsp3) is 0.320. The van der Waals surface area contributed by atoms with E-state index >= 15 is 0 Å². The van der Waals surface area contributed by atoms with Gasteiger partial charge >= 0.3 is 5.97 Å². The molecule has 2 aromatic carbocycles. The Kier molecular flexibility index (Phi) is 9.44. The number of ether oxygens (including phenoxy) is 4. The Balaban J connectivity index is 1.69. The molecule has 0 aromatic heterocycles. The van der Waals surface area contributed by atoms with Gasteiger partial charge in [0, 0.05) is 0 Å². The summed E-state index contributed by atoms with van der Waals surface area (Å²) < 4.78 is 22.3. The van der Waals surface area contributed by atoms with E-state index in [0.29, 0.717) is 25.5 Å². The molecule has 1 saturated heterocycles. The highest BCUT2D eigenvalue weighted by molar-refractivity contribution is 14.1. The van der Waals surface area contributed by atoms with Crippen molar-refractivity contribution in [3.8, 4) is 17.2 Å². The van der Waals surface area contributed by atoms with Crippen LogP contribution in [0.5, 0.6) is 17.2 Å². The van der Waals surface area contributed by atoms with Gasteiger partial charge in [-0.05, 0) is 96.1 Å². The standard InChI is InChI=1S/C25H26INO7S/c1-5-32-22(28)14-34-23-18(26)11-17(12-20(23)31-4)13-21-24(29)27(25(30)35-21)8-9-33-19-10-15(2)6-7-16(19)3/h6-7,10-13H,5,8-9,14H2,1-4H3/b21-13-. The number of nitrogens with zero attached hydrogens (tertiary/aromatic N) is 1. The molecule has 0 saturated carbocycles. The maximum absolute atomic E-state index is 12.9. The Morgan fingerprint density at radius 2 is 1.89 bits per heavy atom. The minimum absolute atomic E-state index is 0.150. The molecule has 0 spiro atoms. The monoisotopic (exact) mass is 611 g/mol. The Morgan fingerprint density at radius 1 is 1.11 bits per heavy atom. The fourth-order valence-electron chi connectivity index (χ4n) is 3.25. The third-order valence-corrected chi connectivity index (χ3v) is 6.69. The zero-order valence-electron chi connectivity index (χ0n) is 19.9. The lowest BCUT2D eigenvalue weighted by molar-refractivity contribution is -0.145. The largest absolute Gasteiger partial charge is 0.493 e. The number of thioether (sulfide) groups is 1. The molecule has 0 radical (unpaired) electrons. The fourth-order valence-corrected chi connectivity index (χ4v) is 4.90. The molecule has 35 heavy (non-hydrogen) atoms. The van der Waals surface area contributed by atoms with E-state index in [9.17, 15) is 14.4 Å². The number of hydrogen-bond donors (Lipinski definition) is 0. The molecule has 0 aliphatic carbocycles. The van der Waals surface area contributed by atoms with Gasteiger partial charge in [-0.1, -0.05) is 12.1 Å². The maximum atomic E-state index is 12.9. The van der Waals surface area contributed by atoms with Gasteiger partial charge in [0.25, 0.3) is 11.1 Å². The van der Waals surface area contributed by atoms with Crippen molar-refractivity contribution in [2.45, 2.75) is 20.8 Å². The minimum atomic E-state index is -0.482. The zero-order chi connectivity index (χ0) is 25.5. The second-order valence-electron chi connectivity index (χ2n) is 7.58. The molecule has 0 bridgehead atoms. The number of amides is 2. The number of carbonyl (C=O) groups is 3. The first-order chi connectivity index (χ1) is 16.7. The molecule has 8 nitrogen and oxygen atoms in total. The van der Waals surface area contributed by atoms with Crippen LogP contribution in [0.25, 0.3) is 6.08 Å². The van der Waals surface area contributed by atoms with E-state index in [2.05, 4.69) is 22.6 Å². The van der Waals surface area contributed by atoms with Gasteiger partial charge in [0.2, 0.25) is 0 Å². The van der Waals surface area contributed by atoms with Gasteiger partial charge in [0.05, 0.1) is 28.7 Å². The first-order valence-electron chi connectivity index (χ1n) is 10.8. The number of benzene rings is 2. The number of methoxy groups -OCH3 is 1. The lowest BCUT2D eigenvalue weighted by Gasteiger charge is -2.15. The normalized spacial score (nSPS) is 14.4. The van der Waals surface area contributed by atoms with Crippen molar-refractivity contribution >= 4 is 57.5 Å². The third-order valence-electron chi connectivity index (χ3n) is 4.98. The molecule has 186 valence electrons. The number of hydrogen-bond acceptors (Lipinski definition) is 8. The third kappa shape index (κ3) is 6.91. The molecule has 1 aliphatic rings. The molecule has 1 heterocycles. The number of esters is 1. The molecule has 0 unspecified atom stereocenters. The molecule has 2 amide bonds. The van der Waals surface area contributed by atoms with Gasteiger partial charge in [-0.25, -0.2) is 4.79 Å². The van der Waals surface area contributed by atoms with Crippen molar-refractivity contribution in [3.63, 3.8) is 0 Å². The molecule has 3 rings (SSSR count). The van der Waals surface area contributed by atoms with Crippen LogP contribution in [0.3, 0.4) is 0 Å². The number of halogens is 1. The Labute approximate surface area is 222 Å². The van der Waals surface area contributed by atoms with E-state index in [1.807, 2.05) is 32.0 Å². The van der Waals surface area contributed by atoms with Crippen LogP contribution in [0.2, 0.25) is 0 Å². The highest BCUT2D eigenvalue weighted by Gasteiger charge is 2.35. The van der Waals surface area contributed by atoms with Crippen molar-refractivity contribution in [3.05, 3.63) is 55.5 Å². The molecule has 1 aliphatic heterocycles. The second kappa shape index (κ2) is 12.3. The highest BCUT2D eigenvalue weighted by atomic mass is 127. The summed E-state index contributed by atoms with van der Waals surface area (Å²) in [5.74, 6) is 0.675. The summed E-state index contributed by atoms with van der Waals surface area (Å²) in [5, 5.41) is -0.345. The zero-order valence-corrected chi connectivity index (χ0v) is 22.9. The van der Waals surface area contributed by atoms with Crippen molar-refractivity contribution in [2.24, 2.45) is 0 Å². The van der Waals surface area contributed by atoms with Crippen LogP contribution in [0, 0.1) is 17.4 Å². The van der Waals surface area contributed by atoms with Crippen molar-refractivity contribution in [1.82, 2.24) is 4.90 Å². The van der Waals surface area contributed by atoms with Crippen molar-refractivity contribution in [2.75, 3.05) is 33.5 Å². The average Bonchev–Trinajstić information content (AvgIpc) is 3.07. The van der Waals surface area contributed by atoms with Crippen LogP contribution < -0.4 is 14.2 Å². The van der Waals surface area contributed by atoms with Crippen LogP contribution in [0.1, 0.15) is 23.6 Å². The van der Waals surface area contributed by atoms with Gasteiger partial charge in [0.15, 0.2) is 18.1 Å². The summed E-state index contributed by atoms with van der Waals surface area (Å²) in [6.45, 7) is 6.01. The average molecular weight is 611 g/mol. The predicted octanol–water partition coefficient (Wildman–Crippen LogP) is 4.97. The van der Waals surface area contributed by atoms with Gasteiger partial charge in [-0.15, -0.1) is 0 Å². The smallest absolute Gasteiger partial charge is 0.344 e. The number of aryl methyl sites for hydroxylation is 2. The Morgan fingerprint density at radius 3 is 2.60 bits per heavy atom. The topological polar surface area (TPSA) is 91.4 Å². The summed E-state index contributed by atoms with van der Waals surface area (Å²) in [6.07, 6.45) is 1.64. The van der Waals surface area contributed by atoms with Crippen molar-refractivity contribution in [1.29, 1.82) is 0 Å². The molecular weight excluding hydrogens is 585 g/mol. The number of rotatable bonds is 10. The lowest BCUT2D eigenvalue weighted by atomic mass is 10.1. The molecule has 0 N–H and O–H groups in total. The van der Waals surface area contributed by atoms with E-state index in [1.165, 1.54) is 12.0 Å².